The molecular weight excluding hydrogens is 286 g/mol. The van der Waals surface area contributed by atoms with E-state index in [-0.39, 0.29) is 5.97 Å². The van der Waals surface area contributed by atoms with Crippen molar-refractivity contribution in [3.05, 3.63) is 59.2 Å². The highest BCUT2D eigenvalue weighted by molar-refractivity contribution is 7.20. The monoisotopic (exact) mass is 299 g/mol. The summed E-state index contributed by atoms with van der Waals surface area (Å²) in [5, 5.41) is 0.881. The number of hydrogen-bond donors (Lipinski definition) is 0. The van der Waals surface area contributed by atoms with Crippen molar-refractivity contribution < 1.29 is 14.3 Å². The second-order valence-electron chi connectivity index (χ2n) is 4.43. The van der Waals surface area contributed by atoms with Crippen molar-refractivity contribution in [3.63, 3.8) is 0 Å². The van der Waals surface area contributed by atoms with Gasteiger partial charge < -0.3 is 9.47 Å². The van der Waals surface area contributed by atoms with E-state index in [9.17, 15) is 4.79 Å². The first kappa shape index (κ1) is 13.6. The molecule has 0 N–H and O–H groups in total. The number of aromatic nitrogens is 1. The first-order chi connectivity index (χ1) is 10.3. The van der Waals surface area contributed by atoms with E-state index >= 15 is 0 Å². The summed E-state index contributed by atoms with van der Waals surface area (Å²) in [7, 11) is 1.37. The zero-order chi connectivity index (χ0) is 14.7. The number of hydrogen-bond acceptors (Lipinski definition) is 5. The van der Waals surface area contributed by atoms with Crippen LogP contribution in [0.5, 0.6) is 5.75 Å². The Morgan fingerprint density at radius 2 is 2.05 bits per heavy atom. The highest BCUT2D eigenvalue weighted by Crippen LogP contribution is 2.32. The van der Waals surface area contributed by atoms with E-state index in [4.69, 9.17) is 9.47 Å². The minimum Gasteiger partial charge on any atom is -0.487 e. The molecule has 0 atom stereocenters. The quantitative estimate of drug-likeness (QED) is 0.690. The Bertz CT molecular complexity index is 768. The molecule has 2 heterocycles. The van der Waals surface area contributed by atoms with Gasteiger partial charge in [-0.3, -0.25) is 4.98 Å². The molecule has 0 amide bonds. The van der Waals surface area contributed by atoms with Crippen LogP contribution in [0.3, 0.4) is 0 Å². The lowest BCUT2D eigenvalue weighted by atomic mass is 10.2. The molecule has 0 aliphatic rings. The van der Waals surface area contributed by atoms with Gasteiger partial charge >= 0.3 is 5.97 Å². The minimum absolute atomic E-state index is 0.342. The molecule has 0 unspecified atom stereocenters. The lowest BCUT2D eigenvalue weighted by Gasteiger charge is -2.06. The van der Waals surface area contributed by atoms with Gasteiger partial charge in [0.2, 0.25) is 0 Å². The molecule has 0 radical (unpaired) electrons. The smallest absolute Gasteiger partial charge is 0.348 e. The SMILES string of the molecule is COC(=O)c1cc2c(OCc3ccccc3)cncc2s1. The molecule has 0 spiro atoms. The van der Waals surface area contributed by atoms with E-state index in [1.807, 2.05) is 30.3 Å². The van der Waals surface area contributed by atoms with Crippen molar-refractivity contribution in [1.29, 1.82) is 0 Å². The van der Waals surface area contributed by atoms with Gasteiger partial charge in [-0.25, -0.2) is 4.79 Å². The van der Waals surface area contributed by atoms with Gasteiger partial charge in [0.1, 0.15) is 17.2 Å². The molecule has 106 valence electrons. The van der Waals surface area contributed by atoms with Crippen molar-refractivity contribution >= 4 is 27.4 Å². The molecule has 2 aromatic heterocycles. The van der Waals surface area contributed by atoms with Crippen LogP contribution >= 0.6 is 11.3 Å². The second kappa shape index (κ2) is 5.93. The Morgan fingerprint density at radius 3 is 2.81 bits per heavy atom. The van der Waals surface area contributed by atoms with Gasteiger partial charge in [0.15, 0.2) is 0 Å². The van der Waals surface area contributed by atoms with Crippen LogP contribution in [0.25, 0.3) is 10.1 Å². The number of ether oxygens (including phenoxy) is 2. The van der Waals surface area contributed by atoms with E-state index in [2.05, 4.69) is 4.98 Å². The summed E-state index contributed by atoms with van der Waals surface area (Å²) in [5.41, 5.74) is 1.08. The Balaban J connectivity index is 1.88. The predicted molar refractivity (Wildman–Crippen MR) is 81.7 cm³/mol. The van der Waals surface area contributed by atoms with E-state index < -0.39 is 0 Å². The Morgan fingerprint density at radius 1 is 1.24 bits per heavy atom. The molecule has 0 fully saturated rings. The van der Waals surface area contributed by atoms with Crippen LogP contribution in [0.2, 0.25) is 0 Å². The molecule has 0 saturated carbocycles. The van der Waals surface area contributed by atoms with Crippen molar-refractivity contribution in [2.45, 2.75) is 6.61 Å². The van der Waals surface area contributed by atoms with E-state index in [1.165, 1.54) is 18.4 Å². The van der Waals surface area contributed by atoms with Crippen LogP contribution in [0.1, 0.15) is 15.2 Å². The van der Waals surface area contributed by atoms with Crippen molar-refractivity contribution in [1.82, 2.24) is 4.98 Å². The number of esters is 1. The topological polar surface area (TPSA) is 48.4 Å². The van der Waals surface area contributed by atoms with Crippen LogP contribution in [-0.2, 0) is 11.3 Å². The maximum Gasteiger partial charge on any atom is 0.348 e. The van der Waals surface area contributed by atoms with Crippen molar-refractivity contribution in [2.75, 3.05) is 7.11 Å². The molecular formula is C16H13NO3S. The van der Waals surface area contributed by atoms with Gasteiger partial charge in [0.25, 0.3) is 0 Å². The molecule has 21 heavy (non-hydrogen) atoms. The normalized spacial score (nSPS) is 10.5. The Hall–Kier alpha value is -2.40. The summed E-state index contributed by atoms with van der Waals surface area (Å²) in [5.74, 6) is 0.327. The van der Waals surface area contributed by atoms with Crippen LogP contribution < -0.4 is 4.74 Å². The molecule has 0 bridgehead atoms. The van der Waals surface area contributed by atoms with Crippen LogP contribution in [0.15, 0.2) is 48.8 Å². The third-order valence-electron chi connectivity index (χ3n) is 3.03. The number of thiophene rings is 1. The first-order valence-corrected chi connectivity index (χ1v) is 7.22. The molecule has 4 nitrogen and oxygen atoms in total. The molecule has 3 aromatic rings. The lowest BCUT2D eigenvalue weighted by Crippen LogP contribution is -1.97. The maximum absolute atomic E-state index is 11.6. The van der Waals surface area contributed by atoms with Crippen LogP contribution in [-0.4, -0.2) is 18.1 Å². The van der Waals surface area contributed by atoms with Crippen molar-refractivity contribution in [2.24, 2.45) is 0 Å². The molecule has 0 aliphatic heterocycles. The average molecular weight is 299 g/mol. The number of carbonyl (C=O) groups excluding carboxylic acids is 1. The summed E-state index contributed by atoms with van der Waals surface area (Å²) in [6.07, 6.45) is 3.39. The Labute approximate surface area is 126 Å². The van der Waals surface area contributed by atoms with E-state index in [0.717, 1.165) is 15.6 Å². The minimum atomic E-state index is -0.342. The summed E-state index contributed by atoms with van der Waals surface area (Å²) in [4.78, 5) is 16.3. The lowest BCUT2D eigenvalue weighted by molar-refractivity contribution is 0.0606. The third-order valence-corrected chi connectivity index (χ3v) is 4.08. The molecule has 5 heteroatoms. The second-order valence-corrected chi connectivity index (χ2v) is 5.51. The fourth-order valence-electron chi connectivity index (χ4n) is 1.99. The highest BCUT2D eigenvalue weighted by Gasteiger charge is 2.13. The van der Waals surface area contributed by atoms with Crippen LogP contribution in [0.4, 0.5) is 0 Å². The summed E-state index contributed by atoms with van der Waals surface area (Å²) >= 11 is 1.35. The molecule has 0 aliphatic carbocycles. The number of benzene rings is 1. The summed E-state index contributed by atoms with van der Waals surface area (Å²) < 4.78 is 11.5. The van der Waals surface area contributed by atoms with Gasteiger partial charge in [-0.15, -0.1) is 11.3 Å². The molecule has 1 aromatic carbocycles. The summed E-state index contributed by atoms with van der Waals surface area (Å²) in [6, 6.07) is 11.7. The predicted octanol–water partition coefficient (Wildman–Crippen LogP) is 3.66. The number of nitrogens with zero attached hydrogens (tertiary/aromatic N) is 1. The van der Waals surface area contributed by atoms with Gasteiger partial charge in [-0.05, 0) is 11.6 Å². The number of fused-ring (bicyclic) bond motifs is 1. The zero-order valence-electron chi connectivity index (χ0n) is 11.4. The third kappa shape index (κ3) is 2.87. The van der Waals surface area contributed by atoms with Gasteiger partial charge in [-0.2, -0.15) is 0 Å². The van der Waals surface area contributed by atoms with Crippen LogP contribution in [0, 0.1) is 0 Å². The summed E-state index contributed by atoms with van der Waals surface area (Å²) in [6.45, 7) is 0.463. The van der Waals surface area contributed by atoms with E-state index in [1.54, 1.807) is 18.5 Å². The Kier molecular flexibility index (Phi) is 3.83. The van der Waals surface area contributed by atoms with Gasteiger partial charge in [0, 0.05) is 11.6 Å². The molecule has 3 rings (SSSR count). The number of carbonyl (C=O) groups is 1. The number of rotatable bonds is 4. The number of pyridine rings is 1. The number of methoxy groups -OCH3 is 1. The van der Waals surface area contributed by atoms with Crippen molar-refractivity contribution in [3.8, 4) is 5.75 Å². The maximum atomic E-state index is 11.6. The standard InChI is InChI=1S/C16H13NO3S/c1-19-16(18)14-7-12-13(8-17-9-15(12)21-14)20-10-11-5-3-2-4-6-11/h2-9H,10H2,1H3. The average Bonchev–Trinajstić information content (AvgIpc) is 2.97. The van der Waals surface area contributed by atoms with Gasteiger partial charge in [0.05, 0.1) is 18.0 Å². The molecule has 0 saturated heterocycles. The fourth-order valence-corrected chi connectivity index (χ4v) is 2.95. The van der Waals surface area contributed by atoms with E-state index in [0.29, 0.717) is 17.2 Å². The zero-order valence-corrected chi connectivity index (χ0v) is 12.2. The highest BCUT2D eigenvalue weighted by atomic mass is 32.1. The first-order valence-electron chi connectivity index (χ1n) is 6.40. The fraction of sp³-hybridized carbons (Fsp3) is 0.125. The van der Waals surface area contributed by atoms with Gasteiger partial charge in [-0.1, -0.05) is 30.3 Å². The largest absolute Gasteiger partial charge is 0.487 e.